The minimum absolute atomic E-state index is 0.0114. The first-order valence-electron chi connectivity index (χ1n) is 7.67. The molecule has 0 saturated carbocycles. The normalized spacial score (nSPS) is 18.8. The van der Waals surface area contributed by atoms with Crippen LogP contribution in [0.25, 0.3) is 0 Å². The summed E-state index contributed by atoms with van der Waals surface area (Å²) in [5, 5.41) is 2.99. The van der Waals surface area contributed by atoms with Gasteiger partial charge in [0, 0.05) is 19.5 Å². The van der Waals surface area contributed by atoms with E-state index < -0.39 is 0 Å². The first-order valence-corrected chi connectivity index (χ1v) is 7.67. The van der Waals surface area contributed by atoms with Gasteiger partial charge in [0.2, 0.25) is 11.8 Å². The molecule has 1 aliphatic heterocycles. The van der Waals surface area contributed by atoms with Crippen molar-refractivity contribution in [2.75, 3.05) is 6.54 Å². The van der Waals surface area contributed by atoms with Crippen molar-refractivity contribution >= 4 is 11.8 Å². The topological polar surface area (TPSA) is 49.4 Å². The van der Waals surface area contributed by atoms with E-state index in [0.717, 1.165) is 18.4 Å². The van der Waals surface area contributed by atoms with Gasteiger partial charge >= 0.3 is 0 Å². The van der Waals surface area contributed by atoms with Crippen LogP contribution in [0.15, 0.2) is 24.3 Å². The highest BCUT2D eigenvalue weighted by Crippen LogP contribution is 2.32. The molecule has 0 aromatic heterocycles. The fourth-order valence-corrected chi connectivity index (χ4v) is 2.86. The first-order chi connectivity index (χ1) is 10.0. The third-order valence-corrected chi connectivity index (χ3v) is 4.22. The molecule has 1 heterocycles. The maximum absolute atomic E-state index is 12.2. The molecule has 21 heavy (non-hydrogen) atoms. The summed E-state index contributed by atoms with van der Waals surface area (Å²) in [4.78, 5) is 25.9. The van der Waals surface area contributed by atoms with Gasteiger partial charge in [0.25, 0.3) is 0 Å². The monoisotopic (exact) mass is 288 g/mol. The van der Waals surface area contributed by atoms with E-state index in [1.807, 2.05) is 36.9 Å². The second kappa shape index (κ2) is 6.74. The van der Waals surface area contributed by atoms with Crippen LogP contribution in [0.4, 0.5) is 0 Å². The number of amides is 2. The Balaban J connectivity index is 2.20. The number of carbonyl (C=O) groups is 2. The molecule has 1 aromatic carbocycles. The van der Waals surface area contributed by atoms with Crippen molar-refractivity contribution in [3.8, 4) is 0 Å². The molecule has 0 radical (unpaired) electrons. The van der Waals surface area contributed by atoms with Crippen LogP contribution in [0.5, 0.6) is 0 Å². The van der Waals surface area contributed by atoms with E-state index in [9.17, 15) is 9.59 Å². The van der Waals surface area contributed by atoms with Gasteiger partial charge in [0.1, 0.15) is 0 Å². The van der Waals surface area contributed by atoms with Crippen molar-refractivity contribution < 1.29 is 9.59 Å². The number of rotatable bonds is 4. The Morgan fingerprint density at radius 3 is 2.76 bits per heavy atom. The molecule has 4 nitrogen and oxygen atoms in total. The summed E-state index contributed by atoms with van der Waals surface area (Å²) >= 11 is 0. The van der Waals surface area contributed by atoms with E-state index in [0.29, 0.717) is 13.0 Å². The van der Waals surface area contributed by atoms with Crippen LogP contribution in [0.3, 0.4) is 0 Å². The Kier molecular flexibility index (Phi) is 4.99. The van der Waals surface area contributed by atoms with Crippen LogP contribution in [0.1, 0.15) is 50.8 Å². The predicted molar refractivity (Wildman–Crippen MR) is 82.8 cm³/mol. The fraction of sp³-hybridized carbons (Fsp3) is 0.529. The van der Waals surface area contributed by atoms with E-state index in [-0.39, 0.29) is 23.9 Å². The number of hydrogen-bond donors (Lipinski definition) is 1. The van der Waals surface area contributed by atoms with Crippen molar-refractivity contribution in [3.63, 3.8) is 0 Å². The smallest absolute Gasteiger partial charge is 0.222 e. The summed E-state index contributed by atoms with van der Waals surface area (Å²) in [7, 11) is 0. The average Bonchev–Trinajstić information content (AvgIpc) is 2.47. The van der Waals surface area contributed by atoms with Crippen molar-refractivity contribution in [2.24, 2.45) is 0 Å². The maximum Gasteiger partial charge on any atom is 0.222 e. The van der Waals surface area contributed by atoms with Crippen LogP contribution in [-0.4, -0.2) is 29.3 Å². The Labute approximate surface area is 126 Å². The van der Waals surface area contributed by atoms with Crippen molar-refractivity contribution in [1.82, 2.24) is 10.2 Å². The number of hydrogen-bond acceptors (Lipinski definition) is 2. The molecule has 0 bridgehead atoms. The molecule has 114 valence electrons. The van der Waals surface area contributed by atoms with Gasteiger partial charge in [0.05, 0.1) is 12.5 Å². The molecule has 2 unspecified atom stereocenters. The predicted octanol–water partition coefficient (Wildman–Crippen LogP) is 2.44. The number of fused-ring (bicyclic) bond motifs is 1. The molecule has 1 N–H and O–H groups in total. The van der Waals surface area contributed by atoms with Crippen molar-refractivity contribution in [1.29, 1.82) is 0 Å². The van der Waals surface area contributed by atoms with Gasteiger partial charge < -0.3 is 10.2 Å². The highest BCUT2D eigenvalue weighted by molar-refractivity contribution is 5.79. The molecular formula is C17H24N2O2. The van der Waals surface area contributed by atoms with E-state index in [4.69, 9.17) is 0 Å². The van der Waals surface area contributed by atoms with Gasteiger partial charge in [-0.05, 0) is 30.9 Å². The van der Waals surface area contributed by atoms with Crippen LogP contribution in [-0.2, 0) is 16.0 Å². The largest absolute Gasteiger partial charge is 0.354 e. The van der Waals surface area contributed by atoms with Crippen LogP contribution >= 0.6 is 0 Å². The molecule has 0 saturated heterocycles. The molecule has 0 fully saturated rings. The molecule has 1 aromatic rings. The van der Waals surface area contributed by atoms with Gasteiger partial charge in [0.15, 0.2) is 0 Å². The molecule has 2 rings (SSSR count). The summed E-state index contributed by atoms with van der Waals surface area (Å²) in [5.41, 5.74) is 2.36. The zero-order valence-electron chi connectivity index (χ0n) is 13.1. The van der Waals surface area contributed by atoms with Crippen molar-refractivity contribution in [3.05, 3.63) is 35.4 Å². The SMILES string of the molecule is CCC(C)NC(=O)CC1c2ccccc2CCN1C(C)=O. The van der Waals surface area contributed by atoms with E-state index in [2.05, 4.69) is 11.4 Å². The zero-order chi connectivity index (χ0) is 15.4. The van der Waals surface area contributed by atoms with Crippen LogP contribution < -0.4 is 5.32 Å². The quantitative estimate of drug-likeness (QED) is 0.925. The van der Waals surface area contributed by atoms with Gasteiger partial charge in [-0.2, -0.15) is 0 Å². The van der Waals surface area contributed by atoms with E-state index >= 15 is 0 Å². The van der Waals surface area contributed by atoms with E-state index in [1.54, 1.807) is 6.92 Å². The Bertz CT molecular complexity index is 527. The van der Waals surface area contributed by atoms with Gasteiger partial charge in [-0.25, -0.2) is 0 Å². The highest BCUT2D eigenvalue weighted by atomic mass is 16.2. The van der Waals surface area contributed by atoms with E-state index in [1.165, 1.54) is 5.56 Å². The molecular weight excluding hydrogens is 264 g/mol. The molecule has 2 amide bonds. The molecule has 1 aliphatic rings. The zero-order valence-corrected chi connectivity index (χ0v) is 13.1. The lowest BCUT2D eigenvalue weighted by atomic mass is 9.90. The Morgan fingerprint density at radius 2 is 2.10 bits per heavy atom. The maximum atomic E-state index is 12.2. The van der Waals surface area contributed by atoms with Crippen LogP contribution in [0, 0.1) is 0 Å². The fourth-order valence-electron chi connectivity index (χ4n) is 2.86. The highest BCUT2D eigenvalue weighted by Gasteiger charge is 2.30. The average molecular weight is 288 g/mol. The number of nitrogens with one attached hydrogen (secondary N) is 1. The molecule has 4 heteroatoms. The summed E-state index contributed by atoms with van der Waals surface area (Å²) < 4.78 is 0. The lowest BCUT2D eigenvalue weighted by Crippen LogP contribution is -2.42. The number of nitrogens with zero attached hydrogens (tertiary/aromatic N) is 1. The number of benzene rings is 1. The third kappa shape index (κ3) is 3.63. The second-order valence-corrected chi connectivity index (χ2v) is 5.76. The summed E-state index contributed by atoms with van der Waals surface area (Å²) in [6, 6.07) is 8.14. The molecule has 0 spiro atoms. The third-order valence-electron chi connectivity index (χ3n) is 4.22. The van der Waals surface area contributed by atoms with Crippen molar-refractivity contribution in [2.45, 2.75) is 52.1 Å². The van der Waals surface area contributed by atoms with Crippen LogP contribution in [0.2, 0.25) is 0 Å². The lowest BCUT2D eigenvalue weighted by Gasteiger charge is -2.36. The molecule has 2 atom stereocenters. The Hall–Kier alpha value is -1.84. The standard InChI is InChI=1S/C17H24N2O2/c1-4-12(2)18-17(21)11-16-15-8-6-5-7-14(15)9-10-19(16)13(3)20/h5-8,12,16H,4,9-11H2,1-3H3,(H,18,21). The minimum atomic E-state index is -0.142. The van der Waals surface area contributed by atoms with Gasteiger partial charge in [-0.3, -0.25) is 9.59 Å². The first kappa shape index (κ1) is 15.5. The lowest BCUT2D eigenvalue weighted by molar-refractivity contribution is -0.133. The van der Waals surface area contributed by atoms with Gasteiger partial charge in [-0.1, -0.05) is 31.2 Å². The minimum Gasteiger partial charge on any atom is -0.354 e. The number of carbonyl (C=O) groups excluding carboxylic acids is 2. The molecule has 0 aliphatic carbocycles. The summed E-state index contributed by atoms with van der Waals surface area (Å²) in [6.07, 6.45) is 2.10. The summed E-state index contributed by atoms with van der Waals surface area (Å²) in [5.74, 6) is 0.0446. The summed E-state index contributed by atoms with van der Waals surface area (Å²) in [6.45, 7) is 6.30. The Morgan fingerprint density at radius 1 is 1.38 bits per heavy atom. The van der Waals surface area contributed by atoms with Gasteiger partial charge in [-0.15, -0.1) is 0 Å². The second-order valence-electron chi connectivity index (χ2n) is 5.76.